The number of hydrogen-bond acceptors (Lipinski definition) is 5. The van der Waals surface area contributed by atoms with Crippen molar-refractivity contribution < 1.29 is 24.4 Å². The van der Waals surface area contributed by atoms with Crippen LogP contribution in [0.3, 0.4) is 0 Å². The van der Waals surface area contributed by atoms with Crippen LogP contribution in [-0.2, 0) is 9.59 Å². The summed E-state index contributed by atoms with van der Waals surface area (Å²) in [7, 11) is 0. The molecule has 1 atom stereocenters. The second-order valence-electron chi connectivity index (χ2n) is 6.18. The Balaban J connectivity index is 2.99. The molecule has 27 heavy (non-hydrogen) atoms. The van der Waals surface area contributed by atoms with Gasteiger partial charge in [0.1, 0.15) is 6.04 Å². The van der Waals surface area contributed by atoms with Crippen molar-refractivity contribution in [2.24, 2.45) is 5.92 Å². The van der Waals surface area contributed by atoms with Gasteiger partial charge in [0.15, 0.2) is 0 Å². The third kappa shape index (κ3) is 6.21. The molecule has 0 bridgehead atoms. The molecule has 10 heteroatoms. The molecule has 2 amide bonds. The van der Waals surface area contributed by atoms with Gasteiger partial charge in [0.25, 0.3) is 11.6 Å². The summed E-state index contributed by atoms with van der Waals surface area (Å²) in [4.78, 5) is 47.5. The number of non-ortho nitro benzene ring substituents is 1. The summed E-state index contributed by atoms with van der Waals surface area (Å²) in [5, 5.41) is 22.1. The lowest BCUT2D eigenvalue weighted by molar-refractivity contribution is -0.384. The number of rotatable bonds is 9. The highest BCUT2D eigenvalue weighted by Crippen LogP contribution is 2.23. The standard InChI is InChI=1S/C17H22ClN3O6/c1-4-20(8-7-14(22)23)17(25)15(10(2)3)19-16(24)12-6-5-11(21(26)27)9-13(12)18/h5-6,9-10,15H,4,7-8H2,1-3H3,(H,19,24)(H,22,23). The lowest BCUT2D eigenvalue weighted by Crippen LogP contribution is -2.51. The van der Waals surface area contributed by atoms with Crippen LogP contribution in [-0.4, -0.2) is 51.8 Å². The summed E-state index contributed by atoms with van der Waals surface area (Å²) in [6.45, 7) is 5.52. The van der Waals surface area contributed by atoms with Gasteiger partial charge in [-0.1, -0.05) is 25.4 Å². The van der Waals surface area contributed by atoms with Crippen LogP contribution in [0.5, 0.6) is 0 Å². The van der Waals surface area contributed by atoms with Gasteiger partial charge in [0.05, 0.1) is 21.9 Å². The predicted octanol–water partition coefficient (Wildman–Crippen LogP) is 2.33. The molecule has 0 saturated heterocycles. The lowest BCUT2D eigenvalue weighted by atomic mass is 10.0. The molecule has 0 fully saturated rings. The van der Waals surface area contributed by atoms with Crippen LogP contribution in [0, 0.1) is 16.0 Å². The SMILES string of the molecule is CCN(CCC(=O)O)C(=O)C(NC(=O)c1ccc([N+](=O)[O-])cc1Cl)C(C)C. The molecule has 1 aromatic carbocycles. The first kappa shape index (κ1) is 22.4. The van der Waals surface area contributed by atoms with E-state index >= 15 is 0 Å². The topological polar surface area (TPSA) is 130 Å². The van der Waals surface area contributed by atoms with Crippen molar-refractivity contribution in [1.82, 2.24) is 10.2 Å². The number of carboxylic acids is 1. The van der Waals surface area contributed by atoms with Gasteiger partial charge < -0.3 is 15.3 Å². The van der Waals surface area contributed by atoms with E-state index in [9.17, 15) is 24.5 Å². The van der Waals surface area contributed by atoms with E-state index in [4.69, 9.17) is 16.7 Å². The smallest absolute Gasteiger partial charge is 0.305 e. The molecule has 0 aliphatic carbocycles. The fraction of sp³-hybridized carbons (Fsp3) is 0.471. The number of carboxylic acid groups (broad SMARTS) is 1. The second-order valence-corrected chi connectivity index (χ2v) is 6.59. The maximum Gasteiger partial charge on any atom is 0.305 e. The lowest BCUT2D eigenvalue weighted by Gasteiger charge is -2.28. The molecule has 0 radical (unpaired) electrons. The van der Waals surface area contributed by atoms with Crippen LogP contribution >= 0.6 is 11.6 Å². The Kier molecular flexibility index (Phi) is 8.17. The summed E-state index contributed by atoms with van der Waals surface area (Å²) in [6, 6.07) is 2.55. The zero-order valence-electron chi connectivity index (χ0n) is 15.3. The van der Waals surface area contributed by atoms with Gasteiger partial charge in [-0.3, -0.25) is 24.5 Å². The third-order valence-electron chi connectivity index (χ3n) is 3.92. The summed E-state index contributed by atoms with van der Waals surface area (Å²) >= 11 is 5.96. The maximum atomic E-state index is 12.7. The molecular formula is C17H22ClN3O6. The number of nitrogens with one attached hydrogen (secondary N) is 1. The molecule has 2 N–H and O–H groups in total. The van der Waals surface area contributed by atoms with Crippen LogP contribution in [0.4, 0.5) is 5.69 Å². The Hall–Kier alpha value is -2.68. The number of benzene rings is 1. The highest BCUT2D eigenvalue weighted by molar-refractivity contribution is 6.34. The first-order chi connectivity index (χ1) is 12.6. The molecule has 9 nitrogen and oxygen atoms in total. The Morgan fingerprint density at radius 3 is 2.41 bits per heavy atom. The highest BCUT2D eigenvalue weighted by atomic mass is 35.5. The third-order valence-corrected chi connectivity index (χ3v) is 4.23. The van der Waals surface area contributed by atoms with Crippen LogP contribution in [0.25, 0.3) is 0 Å². The van der Waals surface area contributed by atoms with E-state index in [-0.39, 0.29) is 35.2 Å². The summed E-state index contributed by atoms with van der Waals surface area (Å²) < 4.78 is 0. The fourth-order valence-corrected chi connectivity index (χ4v) is 2.65. The Morgan fingerprint density at radius 2 is 1.96 bits per heavy atom. The van der Waals surface area contributed by atoms with Crippen molar-refractivity contribution in [2.75, 3.05) is 13.1 Å². The molecule has 1 rings (SSSR count). The van der Waals surface area contributed by atoms with Gasteiger partial charge >= 0.3 is 5.97 Å². The van der Waals surface area contributed by atoms with Crippen molar-refractivity contribution in [2.45, 2.75) is 33.2 Å². The van der Waals surface area contributed by atoms with E-state index in [1.165, 1.54) is 11.0 Å². The van der Waals surface area contributed by atoms with Gasteiger partial charge in [-0.2, -0.15) is 0 Å². The molecule has 1 unspecified atom stereocenters. The van der Waals surface area contributed by atoms with Gasteiger partial charge in [-0.05, 0) is 18.9 Å². The van der Waals surface area contributed by atoms with Gasteiger partial charge in [0.2, 0.25) is 5.91 Å². The summed E-state index contributed by atoms with van der Waals surface area (Å²) in [6.07, 6.45) is -0.202. The molecule has 0 aliphatic heterocycles. The fourth-order valence-electron chi connectivity index (χ4n) is 2.39. The minimum atomic E-state index is -1.02. The Bertz CT molecular complexity index is 737. The van der Waals surface area contributed by atoms with Crippen LogP contribution < -0.4 is 5.32 Å². The number of halogens is 1. The molecule has 0 spiro atoms. The number of carbonyl (C=O) groups excluding carboxylic acids is 2. The number of aliphatic carboxylic acids is 1. The van der Waals surface area contributed by atoms with Crippen molar-refractivity contribution in [3.05, 3.63) is 38.9 Å². The molecular weight excluding hydrogens is 378 g/mol. The van der Waals surface area contributed by atoms with Crippen molar-refractivity contribution >= 4 is 35.1 Å². The van der Waals surface area contributed by atoms with E-state index < -0.39 is 28.7 Å². The van der Waals surface area contributed by atoms with Gasteiger partial charge in [-0.25, -0.2) is 0 Å². The highest BCUT2D eigenvalue weighted by Gasteiger charge is 2.29. The Labute approximate surface area is 161 Å². The minimum Gasteiger partial charge on any atom is -0.481 e. The molecule has 148 valence electrons. The van der Waals surface area contributed by atoms with Crippen molar-refractivity contribution in [1.29, 1.82) is 0 Å². The zero-order chi connectivity index (χ0) is 20.7. The molecule has 1 aromatic rings. The van der Waals surface area contributed by atoms with E-state index in [0.717, 1.165) is 12.1 Å². The molecule has 0 saturated carbocycles. The number of carbonyl (C=O) groups is 3. The van der Waals surface area contributed by atoms with Gasteiger partial charge in [0, 0.05) is 25.2 Å². The minimum absolute atomic E-state index is 0.00861. The number of likely N-dealkylation sites (N-methyl/N-ethyl adjacent to an activating group) is 1. The van der Waals surface area contributed by atoms with Crippen molar-refractivity contribution in [3.8, 4) is 0 Å². The van der Waals surface area contributed by atoms with Crippen LogP contribution in [0.1, 0.15) is 37.6 Å². The average molecular weight is 400 g/mol. The van der Waals surface area contributed by atoms with Crippen LogP contribution in [0.2, 0.25) is 5.02 Å². The van der Waals surface area contributed by atoms with E-state index in [2.05, 4.69) is 5.32 Å². The summed E-state index contributed by atoms with van der Waals surface area (Å²) in [5.74, 6) is -2.34. The summed E-state index contributed by atoms with van der Waals surface area (Å²) in [5.41, 5.74) is -0.242. The largest absolute Gasteiger partial charge is 0.481 e. The van der Waals surface area contributed by atoms with E-state index in [0.29, 0.717) is 6.54 Å². The quantitative estimate of drug-likeness (QED) is 0.484. The van der Waals surface area contributed by atoms with Gasteiger partial charge in [-0.15, -0.1) is 0 Å². The van der Waals surface area contributed by atoms with Crippen molar-refractivity contribution in [3.63, 3.8) is 0 Å². The number of amides is 2. The number of nitro groups is 1. The normalized spacial score (nSPS) is 11.7. The number of hydrogen-bond donors (Lipinski definition) is 2. The molecule has 0 aromatic heterocycles. The maximum absolute atomic E-state index is 12.7. The zero-order valence-corrected chi connectivity index (χ0v) is 16.0. The average Bonchev–Trinajstić information content (AvgIpc) is 2.58. The number of nitrogens with zero attached hydrogens (tertiary/aromatic N) is 2. The molecule has 0 heterocycles. The first-order valence-corrected chi connectivity index (χ1v) is 8.71. The van der Waals surface area contributed by atoms with Crippen LogP contribution in [0.15, 0.2) is 18.2 Å². The predicted molar refractivity (Wildman–Crippen MR) is 98.7 cm³/mol. The van der Waals surface area contributed by atoms with E-state index in [1.807, 2.05) is 0 Å². The monoisotopic (exact) mass is 399 g/mol. The number of nitro benzene ring substituents is 1. The Morgan fingerprint density at radius 1 is 1.33 bits per heavy atom. The molecule has 0 aliphatic rings. The second kappa shape index (κ2) is 9.86. The first-order valence-electron chi connectivity index (χ1n) is 8.33. The van der Waals surface area contributed by atoms with E-state index in [1.54, 1.807) is 20.8 Å².